The fourth-order valence-corrected chi connectivity index (χ4v) is 2.80. The van der Waals surface area contributed by atoms with E-state index in [0.717, 1.165) is 22.7 Å². The Morgan fingerprint density at radius 3 is 2.36 bits per heavy atom. The molecule has 0 aliphatic rings. The minimum Gasteiger partial charge on any atom is -0.457 e. The van der Waals surface area contributed by atoms with Crippen LogP contribution in [0, 0.1) is 0 Å². The van der Waals surface area contributed by atoms with E-state index < -0.39 is 0 Å². The van der Waals surface area contributed by atoms with Gasteiger partial charge in [0.1, 0.15) is 11.5 Å². The topological polar surface area (TPSA) is 67.6 Å². The van der Waals surface area contributed by atoms with Crippen molar-refractivity contribution < 1.29 is 9.53 Å². The Kier molecular flexibility index (Phi) is 6.65. The summed E-state index contributed by atoms with van der Waals surface area (Å²) in [5, 5.41) is 3.29. The number of hydrogen-bond donors (Lipinski definition) is 2. The highest BCUT2D eigenvalue weighted by molar-refractivity contribution is 5.92. The van der Waals surface area contributed by atoms with E-state index in [-0.39, 0.29) is 5.91 Å². The lowest BCUT2D eigenvalue weighted by atomic mass is 10.1. The van der Waals surface area contributed by atoms with Crippen molar-refractivity contribution >= 4 is 17.3 Å². The molecule has 3 aromatic carbocycles. The number of anilines is 2. The molecule has 0 spiro atoms. The number of para-hydroxylation sites is 2. The number of benzene rings is 3. The maximum atomic E-state index is 12.3. The minimum atomic E-state index is 0.0628. The molecule has 28 heavy (non-hydrogen) atoms. The van der Waals surface area contributed by atoms with Crippen LogP contribution in [-0.4, -0.2) is 19.5 Å². The normalized spacial score (nSPS) is 10.5. The molecule has 5 heteroatoms. The number of nitrogens with zero attached hydrogens (tertiary/aromatic N) is 1. The van der Waals surface area contributed by atoms with E-state index in [2.05, 4.69) is 5.32 Å². The second kappa shape index (κ2) is 9.58. The van der Waals surface area contributed by atoms with Gasteiger partial charge in [-0.05, 0) is 48.0 Å². The van der Waals surface area contributed by atoms with Crippen LogP contribution < -0.4 is 20.7 Å². The average molecular weight is 375 g/mol. The molecule has 3 rings (SSSR count). The van der Waals surface area contributed by atoms with E-state index >= 15 is 0 Å². The molecule has 0 aliphatic heterocycles. The maximum absolute atomic E-state index is 12.3. The Morgan fingerprint density at radius 1 is 0.964 bits per heavy atom. The Balaban J connectivity index is 1.50. The quantitative estimate of drug-likeness (QED) is 0.457. The SMILES string of the molecule is CN(C(=O)CCNCc1cc(Oc2ccccc2)ccc1N)c1ccccc1. The Morgan fingerprint density at radius 2 is 1.64 bits per heavy atom. The van der Waals surface area contributed by atoms with E-state index in [9.17, 15) is 4.79 Å². The van der Waals surface area contributed by atoms with Crippen molar-refractivity contribution in [3.8, 4) is 11.5 Å². The van der Waals surface area contributed by atoms with Gasteiger partial charge in [-0.15, -0.1) is 0 Å². The van der Waals surface area contributed by atoms with Gasteiger partial charge in [0.05, 0.1) is 0 Å². The summed E-state index contributed by atoms with van der Waals surface area (Å²) in [5.74, 6) is 1.57. The molecule has 0 aromatic heterocycles. The third kappa shape index (κ3) is 5.34. The number of nitrogen functional groups attached to an aromatic ring is 1. The van der Waals surface area contributed by atoms with Crippen LogP contribution in [0.1, 0.15) is 12.0 Å². The zero-order chi connectivity index (χ0) is 19.8. The molecule has 3 aromatic rings. The number of carbonyl (C=O) groups excluding carboxylic acids is 1. The summed E-state index contributed by atoms with van der Waals surface area (Å²) in [5.41, 5.74) is 8.61. The molecule has 0 saturated carbocycles. The van der Waals surface area contributed by atoms with E-state index in [1.165, 1.54) is 0 Å². The number of ether oxygens (including phenoxy) is 1. The zero-order valence-electron chi connectivity index (χ0n) is 16.0. The highest BCUT2D eigenvalue weighted by Crippen LogP contribution is 2.25. The molecule has 0 bridgehead atoms. The second-order valence-corrected chi connectivity index (χ2v) is 6.49. The Bertz CT molecular complexity index is 898. The lowest BCUT2D eigenvalue weighted by Gasteiger charge is -2.17. The molecule has 0 radical (unpaired) electrons. The first-order chi connectivity index (χ1) is 13.6. The molecule has 0 unspecified atom stereocenters. The minimum absolute atomic E-state index is 0.0628. The number of nitrogens with two attached hydrogens (primary N) is 1. The van der Waals surface area contributed by atoms with Crippen molar-refractivity contribution in [2.75, 3.05) is 24.2 Å². The van der Waals surface area contributed by atoms with Crippen LogP contribution in [0.2, 0.25) is 0 Å². The van der Waals surface area contributed by atoms with Crippen LogP contribution in [0.4, 0.5) is 11.4 Å². The lowest BCUT2D eigenvalue weighted by Crippen LogP contribution is -2.29. The molecular weight excluding hydrogens is 350 g/mol. The summed E-state index contributed by atoms with van der Waals surface area (Å²) in [6.45, 7) is 1.14. The molecule has 0 saturated heterocycles. The fraction of sp³-hybridized carbons (Fsp3) is 0.174. The second-order valence-electron chi connectivity index (χ2n) is 6.49. The van der Waals surface area contributed by atoms with Gasteiger partial charge in [-0.25, -0.2) is 0 Å². The van der Waals surface area contributed by atoms with Gasteiger partial charge >= 0.3 is 0 Å². The van der Waals surface area contributed by atoms with E-state index in [4.69, 9.17) is 10.5 Å². The number of amides is 1. The number of hydrogen-bond acceptors (Lipinski definition) is 4. The van der Waals surface area contributed by atoms with Gasteiger partial charge in [0.2, 0.25) is 5.91 Å². The van der Waals surface area contributed by atoms with E-state index in [1.807, 2.05) is 78.9 Å². The van der Waals surface area contributed by atoms with E-state index in [1.54, 1.807) is 11.9 Å². The van der Waals surface area contributed by atoms with Crippen LogP contribution in [-0.2, 0) is 11.3 Å². The highest BCUT2D eigenvalue weighted by Gasteiger charge is 2.10. The van der Waals surface area contributed by atoms with Gasteiger partial charge in [0.25, 0.3) is 0 Å². The summed E-state index contributed by atoms with van der Waals surface area (Å²) in [7, 11) is 1.79. The number of carbonyl (C=O) groups is 1. The fourth-order valence-electron chi connectivity index (χ4n) is 2.80. The van der Waals surface area contributed by atoms with Crippen molar-refractivity contribution in [2.24, 2.45) is 0 Å². The third-order valence-electron chi connectivity index (χ3n) is 4.44. The number of rotatable bonds is 8. The van der Waals surface area contributed by atoms with Crippen LogP contribution in [0.3, 0.4) is 0 Å². The molecule has 0 aliphatic carbocycles. The van der Waals surface area contributed by atoms with Crippen molar-refractivity contribution in [1.82, 2.24) is 5.32 Å². The van der Waals surface area contributed by atoms with Gasteiger partial charge in [-0.1, -0.05) is 36.4 Å². The molecule has 144 valence electrons. The lowest BCUT2D eigenvalue weighted by molar-refractivity contribution is -0.118. The third-order valence-corrected chi connectivity index (χ3v) is 4.44. The average Bonchev–Trinajstić information content (AvgIpc) is 2.74. The van der Waals surface area contributed by atoms with Crippen molar-refractivity contribution in [3.63, 3.8) is 0 Å². The van der Waals surface area contributed by atoms with Crippen LogP contribution in [0.15, 0.2) is 78.9 Å². The number of nitrogens with one attached hydrogen (secondary N) is 1. The summed E-state index contributed by atoms with van der Waals surface area (Å²) in [4.78, 5) is 14.0. The first-order valence-corrected chi connectivity index (χ1v) is 9.27. The summed E-state index contributed by atoms with van der Waals surface area (Å²) < 4.78 is 5.85. The largest absolute Gasteiger partial charge is 0.457 e. The molecule has 5 nitrogen and oxygen atoms in total. The van der Waals surface area contributed by atoms with Gasteiger partial charge in [-0.3, -0.25) is 4.79 Å². The maximum Gasteiger partial charge on any atom is 0.227 e. The van der Waals surface area contributed by atoms with E-state index in [0.29, 0.717) is 25.2 Å². The molecule has 0 fully saturated rings. The zero-order valence-corrected chi connectivity index (χ0v) is 16.0. The van der Waals surface area contributed by atoms with Gasteiger partial charge in [0, 0.05) is 37.9 Å². The summed E-state index contributed by atoms with van der Waals surface area (Å²) in [6.07, 6.45) is 0.408. The summed E-state index contributed by atoms with van der Waals surface area (Å²) in [6, 6.07) is 24.8. The van der Waals surface area contributed by atoms with Gasteiger partial charge in [0.15, 0.2) is 0 Å². The summed E-state index contributed by atoms with van der Waals surface area (Å²) >= 11 is 0. The Hall–Kier alpha value is -3.31. The highest BCUT2D eigenvalue weighted by atomic mass is 16.5. The first kappa shape index (κ1) is 19.5. The first-order valence-electron chi connectivity index (χ1n) is 9.27. The van der Waals surface area contributed by atoms with Gasteiger partial charge in [-0.2, -0.15) is 0 Å². The Labute approximate surface area is 165 Å². The van der Waals surface area contributed by atoms with Crippen LogP contribution >= 0.6 is 0 Å². The van der Waals surface area contributed by atoms with Crippen molar-refractivity contribution in [1.29, 1.82) is 0 Å². The van der Waals surface area contributed by atoms with Crippen LogP contribution in [0.5, 0.6) is 11.5 Å². The molecule has 0 heterocycles. The predicted octanol–water partition coefficient (Wildman–Crippen LogP) is 4.20. The standard InChI is InChI=1S/C23H25N3O2/c1-26(19-8-4-2-5-9-19)23(27)14-15-25-17-18-16-21(12-13-22(18)24)28-20-10-6-3-7-11-20/h2-13,16,25H,14-15,17,24H2,1H3. The molecule has 0 atom stereocenters. The van der Waals surface area contributed by atoms with Crippen molar-refractivity contribution in [2.45, 2.75) is 13.0 Å². The van der Waals surface area contributed by atoms with Crippen LogP contribution in [0.25, 0.3) is 0 Å². The van der Waals surface area contributed by atoms with Gasteiger partial charge < -0.3 is 20.7 Å². The predicted molar refractivity (Wildman–Crippen MR) is 114 cm³/mol. The van der Waals surface area contributed by atoms with Crippen molar-refractivity contribution in [3.05, 3.63) is 84.4 Å². The molecular formula is C23H25N3O2. The monoisotopic (exact) mass is 375 g/mol. The molecule has 1 amide bonds. The molecule has 3 N–H and O–H groups in total. The smallest absolute Gasteiger partial charge is 0.227 e.